The summed E-state index contributed by atoms with van der Waals surface area (Å²) >= 11 is 0. The van der Waals surface area contributed by atoms with Crippen LogP contribution in [0, 0.1) is 12.8 Å². The van der Waals surface area contributed by atoms with Crippen LogP contribution >= 0.6 is 0 Å². The number of amides is 1. The van der Waals surface area contributed by atoms with Gasteiger partial charge in [-0.3, -0.25) is 20.5 Å². The molecule has 1 aromatic rings. The Bertz CT molecular complexity index is 490. The summed E-state index contributed by atoms with van der Waals surface area (Å²) in [5.41, 5.74) is 8.67. The number of carbonyl (C=O) groups excluding carboxylic acids is 1. The van der Waals surface area contributed by atoms with Crippen LogP contribution in [-0.4, -0.2) is 43.5 Å². The van der Waals surface area contributed by atoms with E-state index < -0.39 is 0 Å². The molecule has 1 saturated heterocycles. The highest BCUT2D eigenvalue weighted by Crippen LogP contribution is 2.20. The SMILES string of the molecule is Cc1ccc(C(C(=O)NCC2C(C)NNC2C)N(C)C)cc1. The molecule has 3 atom stereocenters. The van der Waals surface area contributed by atoms with Gasteiger partial charge in [0.15, 0.2) is 0 Å². The van der Waals surface area contributed by atoms with Crippen molar-refractivity contribution in [1.29, 1.82) is 0 Å². The largest absolute Gasteiger partial charge is 0.354 e. The van der Waals surface area contributed by atoms with Crippen LogP contribution in [0.5, 0.6) is 0 Å². The van der Waals surface area contributed by atoms with Crippen molar-refractivity contribution in [2.75, 3.05) is 20.6 Å². The van der Waals surface area contributed by atoms with Gasteiger partial charge in [0.1, 0.15) is 6.04 Å². The molecular weight excluding hydrogens is 276 g/mol. The van der Waals surface area contributed by atoms with Crippen LogP contribution < -0.4 is 16.2 Å². The second kappa shape index (κ2) is 7.22. The molecule has 0 aliphatic carbocycles. The molecule has 0 spiro atoms. The quantitative estimate of drug-likeness (QED) is 0.765. The molecule has 1 fully saturated rings. The van der Waals surface area contributed by atoms with Crippen molar-refractivity contribution >= 4 is 5.91 Å². The fourth-order valence-electron chi connectivity index (χ4n) is 3.01. The lowest BCUT2D eigenvalue weighted by atomic mass is 9.96. The molecule has 2 rings (SSSR count). The zero-order valence-corrected chi connectivity index (χ0v) is 14.2. The van der Waals surface area contributed by atoms with E-state index >= 15 is 0 Å². The van der Waals surface area contributed by atoms with Gasteiger partial charge in [-0.25, -0.2) is 0 Å². The number of nitrogens with one attached hydrogen (secondary N) is 3. The first-order chi connectivity index (χ1) is 10.4. The minimum Gasteiger partial charge on any atom is -0.354 e. The molecule has 0 bridgehead atoms. The van der Waals surface area contributed by atoms with E-state index in [2.05, 4.69) is 36.9 Å². The molecule has 1 aliphatic rings. The summed E-state index contributed by atoms with van der Waals surface area (Å²) in [4.78, 5) is 14.6. The Morgan fingerprint density at radius 2 is 1.73 bits per heavy atom. The van der Waals surface area contributed by atoms with Crippen LogP contribution in [0.4, 0.5) is 0 Å². The Hall–Kier alpha value is -1.43. The monoisotopic (exact) mass is 304 g/mol. The Kier molecular flexibility index (Phi) is 5.56. The van der Waals surface area contributed by atoms with Crippen molar-refractivity contribution in [3.63, 3.8) is 0 Å². The number of likely N-dealkylation sites (N-methyl/N-ethyl adjacent to an activating group) is 1. The Morgan fingerprint density at radius 1 is 1.18 bits per heavy atom. The molecule has 5 heteroatoms. The minimum absolute atomic E-state index is 0.0557. The number of aryl methyl sites for hydroxylation is 1. The maximum absolute atomic E-state index is 12.6. The molecule has 3 unspecified atom stereocenters. The van der Waals surface area contributed by atoms with Crippen molar-refractivity contribution in [1.82, 2.24) is 21.1 Å². The van der Waals surface area contributed by atoms with Gasteiger partial charge in [0.2, 0.25) is 5.91 Å². The Labute approximate surface area is 133 Å². The maximum Gasteiger partial charge on any atom is 0.241 e. The Morgan fingerprint density at radius 3 is 2.23 bits per heavy atom. The van der Waals surface area contributed by atoms with E-state index in [-0.39, 0.29) is 11.9 Å². The van der Waals surface area contributed by atoms with Gasteiger partial charge in [0.05, 0.1) is 0 Å². The zero-order valence-electron chi connectivity index (χ0n) is 14.2. The first kappa shape index (κ1) is 16.9. The summed E-state index contributed by atoms with van der Waals surface area (Å²) in [6, 6.07) is 8.61. The van der Waals surface area contributed by atoms with Gasteiger partial charge in [-0.1, -0.05) is 29.8 Å². The molecule has 3 N–H and O–H groups in total. The van der Waals surface area contributed by atoms with E-state index in [4.69, 9.17) is 0 Å². The lowest BCUT2D eigenvalue weighted by Gasteiger charge is -2.26. The number of hydrogen-bond donors (Lipinski definition) is 3. The topological polar surface area (TPSA) is 56.4 Å². The highest BCUT2D eigenvalue weighted by atomic mass is 16.2. The minimum atomic E-state index is -0.256. The molecule has 22 heavy (non-hydrogen) atoms. The number of carbonyl (C=O) groups is 1. The van der Waals surface area contributed by atoms with Crippen molar-refractivity contribution in [2.45, 2.75) is 38.9 Å². The number of rotatable bonds is 5. The average Bonchev–Trinajstić information content (AvgIpc) is 2.78. The number of hydrogen-bond acceptors (Lipinski definition) is 4. The molecule has 1 aromatic carbocycles. The van der Waals surface area contributed by atoms with Crippen LogP contribution in [0.2, 0.25) is 0 Å². The second-order valence-corrected chi connectivity index (χ2v) is 6.55. The van der Waals surface area contributed by atoms with Crippen LogP contribution in [0.1, 0.15) is 31.0 Å². The summed E-state index contributed by atoms with van der Waals surface area (Å²) in [5, 5.41) is 3.12. The van der Waals surface area contributed by atoms with Crippen LogP contribution in [0.3, 0.4) is 0 Å². The van der Waals surface area contributed by atoms with E-state index in [9.17, 15) is 4.79 Å². The molecule has 0 saturated carbocycles. The van der Waals surface area contributed by atoms with Crippen molar-refractivity contribution in [3.8, 4) is 0 Å². The predicted octanol–water partition coefficient (Wildman–Crippen LogP) is 1.21. The second-order valence-electron chi connectivity index (χ2n) is 6.55. The third-order valence-electron chi connectivity index (χ3n) is 4.49. The van der Waals surface area contributed by atoms with E-state index in [1.165, 1.54) is 5.56 Å². The molecule has 1 amide bonds. The van der Waals surface area contributed by atoms with Crippen molar-refractivity contribution in [3.05, 3.63) is 35.4 Å². The van der Waals surface area contributed by atoms with Crippen LogP contribution in [0.25, 0.3) is 0 Å². The van der Waals surface area contributed by atoms with Crippen molar-refractivity contribution < 1.29 is 4.79 Å². The van der Waals surface area contributed by atoms with Gasteiger partial charge in [0.25, 0.3) is 0 Å². The van der Waals surface area contributed by atoms with E-state index in [1.54, 1.807) is 0 Å². The van der Waals surface area contributed by atoms with E-state index in [0.717, 1.165) is 5.56 Å². The van der Waals surface area contributed by atoms with Crippen LogP contribution in [-0.2, 0) is 4.79 Å². The highest BCUT2D eigenvalue weighted by Gasteiger charge is 2.31. The standard InChI is InChI=1S/C17H28N4O/c1-11-6-8-14(9-7-11)16(21(4)5)17(22)18-10-15-12(2)19-20-13(15)3/h6-9,12-13,15-16,19-20H,10H2,1-5H3,(H,18,22). The molecule has 1 heterocycles. The van der Waals surface area contributed by atoms with E-state index in [1.807, 2.05) is 43.3 Å². The van der Waals surface area contributed by atoms with Crippen LogP contribution in [0.15, 0.2) is 24.3 Å². The zero-order chi connectivity index (χ0) is 16.3. The third-order valence-corrected chi connectivity index (χ3v) is 4.49. The third kappa shape index (κ3) is 3.85. The van der Waals surface area contributed by atoms with Gasteiger partial charge >= 0.3 is 0 Å². The summed E-state index contributed by atoms with van der Waals surface area (Å²) in [7, 11) is 3.88. The maximum atomic E-state index is 12.6. The molecule has 1 aliphatic heterocycles. The summed E-state index contributed by atoms with van der Waals surface area (Å²) < 4.78 is 0. The summed E-state index contributed by atoms with van der Waals surface area (Å²) in [5.74, 6) is 0.449. The fourth-order valence-corrected chi connectivity index (χ4v) is 3.01. The van der Waals surface area contributed by atoms with Gasteiger partial charge in [-0.2, -0.15) is 0 Å². The highest BCUT2D eigenvalue weighted by molar-refractivity contribution is 5.83. The van der Waals surface area contributed by atoms with E-state index in [0.29, 0.717) is 24.5 Å². The summed E-state index contributed by atoms with van der Waals surface area (Å²) in [6.07, 6.45) is 0. The average molecular weight is 304 g/mol. The van der Waals surface area contributed by atoms with Crippen molar-refractivity contribution in [2.24, 2.45) is 5.92 Å². The predicted molar refractivity (Wildman–Crippen MR) is 89.3 cm³/mol. The number of nitrogens with zero attached hydrogens (tertiary/aromatic N) is 1. The fraction of sp³-hybridized carbons (Fsp3) is 0.588. The smallest absolute Gasteiger partial charge is 0.241 e. The lowest BCUT2D eigenvalue weighted by Crippen LogP contribution is -2.42. The van der Waals surface area contributed by atoms with Gasteiger partial charge < -0.3 is 5.32 Å². The molecule has 0 radical (unpaired) electrons. The lowest BCUT2D eigenvalue weighted by molar-refractivity contribution is -0.126. The summed E-state index contributed by atoms with van der Waals surface area (Å²) in [6.45, 7) is 7.00. The normalized spacial score (nSPS) is 26.2. The first-order valence-electron chi connectivity index (χ1n) is 7.92. The Balaban J connectivity index is 2.02. The molecular formula is C17H28N4O. The number of hydrazine groups is 1. The molecule has 122 valence electrons. The molecule has 5 nitrogen and oxygen atoms in total. The van der Waals surface area contributed by atoms with Gasteiger partial charge in [0, 0.05) is 24.5 Å². The first-order valence-corrected chi connectivity index (χ1v) is 7.92. The number of benzene rings is 1. The molecule has 0 aromatic heterocycles. The van der Waals surface area contributed by atoms with Gasteiger partial charge in [-0.05, 0) is 40.4 Å². The van der Waals surface area contributed by atoms with Gasteiger partial charge in [-0.15, -0.1) is 0 Å².